The second-order valence-electron chi connectivity index (χ2n) is 7.75. The van der Waals surface area contributed by atoms with Gasteiger partial charge in [-0.15, -0.1) is 0 Å². The van der Waals surface area contributed by atoms with Gasteiger partial charge in [-0.2, -0.15) is 5.10 Å². The summed E-state index contributed by atoms with van der Waals surface area (Å²) in [6, 6.07) is 13.7. The van der Waals surface area contributed by atoms with Gasteiger partial charge >= 0.3 is 0 Å². The molecule has 0 radical (unpaired) electrons. The number of nitrogens with one attached hydrogen (secondary N) is 2. The van der Waals surface area contributed by atoms with Crippen molar-refractivity contribution >= 4 is 17.5 Å². The fourth-order valence-electron chi connectivity index (χ4n) is 3.64. The Labute approximate surface area is 179 Å². The molecule has 6 nitrogen and oxygen atoms in total. The zero-order valence-electron chi connectivity index (χ0n) is 17.6. The van der Waals surface area contributed by atoms with Crippen LogP contribution in [-0.4, -0.2) is 21.6 Å². The molecule has 1 aliphatic heterocycles. The summed E-state index contributed by atoms with van der Waals surface area (Å²) in [5.41, 5.74) is 5.46. The van der Waals surface area contributed by atoms with E-state index in [9.17, 15) is 14.0 Å². The van der Waals surface area contributed by atoms with E-state index in [-0.39, 0.29) is 24.1 Å². The molecule has 3 aromatic rings. The molecular formula is C24H23FN4O2. The normalized spacial score (nSPS) is 15.9. The van der Waals surface area contributed by atoms with E-state index in [2.05, 4.69) is 15.7 Å². The van der Waals surface area contributed by atoms with Gasteiger partial charge in [0, 0.05) is 48.1 Å². The fourth-order valence-corrected chi connectivity index (χ4v) is 3.64. The Morgan fingerprint density at radius 1 is 1.16 bits per heavy atom. The summed E-state index contributed by atoms with van der Waals surface area (Å²) in [4.78, 5) is 25.1. The van der Waals surface area contributed by atoms with Crippen molar-refractivity contribution in [3.05, 3.63) is 82.9 Å². The van der Waals surface area contributed by atoms with E-state index in [1.807, 2.05) is 45.2 Å². The molecular weight excluding hydrogens is 395 g/mol. The van der Waals surface area contributed by atoms with Gasteiger partial charge in [0.05, 0.1) is 5.69 Å². The van der Waals surface area contributed by atoms with E-state index in [0.717, 1.165) is 22.5 Å². The average Bonchev–Trinajstić information content (AvgIpc) is 3.08. The molecule has 1 aromatic heterocycles. The van der Waals surface area contributed by atoms with Crippen LogP contribution in [0.3, 0.4) is 0 Å². The van der Waals surface area contributed by atoms with Gasteiger partial charge in [-0.05, 0) is 49.2 Å². The van der Waals surface area contributed by atoms with Gasteiger partial charge in [0.25, 0.3) is 5.91 Å². The van der Waals surface area contributed by atoms with Crippen molar-refractivity contribution in [2.75, 3.05) is 5.32 Å². The van der Waals surface area contributed by atoms with Crippen LogP contribution in [0.15, 0.2) is 60.3 Å². The topological polar surface area (TPSA) is 76.0 Å². The molecule has 2 amide bonds. The number of carbonyl (C=O) groups is 2. The molecule has 1 aliphatic rings. The third kappa shape index (κ3) is 4.26. The quantitative estimate of drug-likeness (QED) is 0.673. The Balaban J connectivity index is 1.62. The number of hydrogen-bond acceptors (Lipinski definition) is 3. The summed E-state index contributed by atoms with van der Waals surface area (Å²) in [5, 5.41) is 10.1. The lowest BCUT2D eigenvalue weighted by molar-refractivity contribution is -0.121. The van der Waals surface area contributed by atoms with Crippen molar-refractivity contribution in [3.63, 3.8) is 0 Å². The smallest absolute Gasteiger partial charge is 0.253 e. The van der Waals surface area contributed by atoms with Gasteiger partial charge in [-0.3, -0.25) is 14.3 Å². The van der Waals surface area contributed by atoms with Gasteiger partial charge in [0.2, 0.25) is 5.91 Å². The Bertz CT molecular complexity index is 1180. The average molecular weight is 418 g/mol. The van der Waals surface area contributed by atoms with Crippen molar-refractivity contribution in [1.29, 1.82) is 0 Å². The number of aromatic nitrogens is 2. The van der Waals surface area contributed by atoms with E-state index in [0.29, 0.717) is 16.8 Å². The van der Waals surface area contributed by atoms with Crippen LogP contribution in [0.2, 0.25) is 0 Å². The molecule has 1 atom stereocenters. The first-order valence-corrected chi connectivity index (χ1v) is 9.99. The largest absolute Gasteiger partial charge is 0.332 e. The summed E-state index contributed by atoms with van der Waals surface area (Å²) in [5.74, 6) is -1.31. The maximum Gasteiger partial charge on any atom is 0.253 e. The standard InChI is InChI=1S/C24H23FN4O2/c1-14-4-5-17(22-10-15(2)29(3)28-22)11-21(14)27-24(31)20-13-26-23(30)12-19(20)16-6-8-18(25)9-7-16/h4-11,13,19H,12H2,1-3H3,(H,26,30)(H,27,31)/t19-/m0/s1. The number of halogens is 1. The van der Waals surface area contributed by atoms with E-state index >= 15 is 0 Å². The molecule has 2 N–H and O–H groups in total. The predicted molar refractivity (Wildman–Crippen MR) is 117 cm³/mol. The fraction of sp³-hybridized carbons (Fsp3) is 0.208. The second kappa shape index (κ2) is 8.18. The minimum absolute atomic E-state index is 0.122. The summed E-state index contributed by atoms with van der Waals surface area (Å²) >= 11 is 0. The van der Waals surface area contributed by atoms with E-state index in [4.69, 9.17) is 0 Å². The van der Waals surface area contributed by atoms with Gasteiger partial charge < -0.3 is 10.6 Å². The Morgan fingerprint density at radius 2 is 1.90 bits per heavy atom. The Morgan fingerprint density at radius 3 is 2.58 bits per heavy atom. The van der Waals surface area contributed by atoms with Crippen molar-refractivity contribution in [2.24, 2.45) is 7.05 Å². The highest BCUT2D eigenvalue weighted by molar-refractivity contribution is 6.07. The summed E-state index contributed by atoms with van der Waals surface area (Å²) in [6.07, 6.45) is 1.56. The van der Waals surface area contributed by atoms with Crippen molar-refractivity contribution in [1.82, 2.24) is 15.1 Å². The number of hydrogen-bond donors (Lipinski definition) is 2. The Hall–Kier alpha value is -3.74. The number of rotatable bonds is 4. The molecule has 2 heterocycles. The molecule has 7 heteroatoms. The van der Waals surface area contributed by atoms with Crippen molar-refractivity contribution < 1.29 is 14.0 Å². The van der Waals surface area contributed by atoms with Crippen molar-refractivity contribution in [2.45, 2.75) is 26.2 Å². The minimum atomic E-state index is -0.448. The van der Waals surface area contributed by atoms with Crippen LogP contribution in [0.5, 0.6) is 0 Å². The molecule has 2 aromatic carbocycles. The molecule has 0 unspecified atom stereocenters. The lowest BCUT2D eigenvalue weighted by Crippen LogP contribution is -2.32. The molecule has 0 saturated carbocycles. The van der Waals surface area contributed by atoms with Crippen molar-refractivity contribution in [3.8, 4) is 11.3 Å². The van der Waals surface area contributed by atoms with E-state index < -0.39 is 5.92 Å². The zero-order valence-corrected chi connectivity index (χ0v) is 17.6. The first-order valence-electron chi connectivity index (χ1n) is 9.99. The lowest BCUT2D eigenvalue weighted by Gasteiger charge is -2.24. The molecule has 4 rings (SSSR count). The maximum atomic E-state index is 13.3. The SMILES string of the molecule is Cc1ccc(-c2cc(C)n(C)n2)cc1NC(=O)C1=CNC(=O)C[C@H]1c1ccc(F)cc1. The number of aryl methyl sites for hydroxylation is 3. The minimum Gasteiger partial charge on any atom is -0.332 e. The highest BCUT2D eigenvalue weighted by atomic mass is 19.1. The van der Waals surface area contributed by atoms with E-state index in [1.165, 1.54) is 18.3 Å². The highest BCUT2D eigenvalue weighted by Gasteiger charge is 2.29. The number of carbonyl (C=O) groups excluding carboxylic acids is 2. The second-order valence-corrected chi connectivity index (χ2v) is 7.75. The molecule has 0 bridgehead atoms. The molecule has 0 fully saturated rings. The maximum absolute atomic E-state index is 13.3. The summed E-state index contributed by atoms with van der Waals surface area (Å²) < 4.78 is 15.1. The molecule has 31 heavy (non-hydrogen) atoms. The van der Waals surface area contributed by atoms with Gasteiger partial charge in [-0.1, -0.05) is 24.3 Å². The third-order valence-corrected chi connectivity index (χ3v) is 5.58. The summed E-state index contributed by atoms with van der Waals surface area (Å²) in [7, 11) is 1.88. The van der Waals surface area contributed by atoms with Gasteiger partial charge in [0.1, 0.15) is 5.82 Å². The first kappa shape index (κ1) is 20.5. The summed E-state index contributed by atoms with van der Waals surface area (Å²) in [6.45, 7) is 3.89. The van der Waals surface area contributed by atoms with Crippen LogP contribution in [-0.2, 0) is 16.6 Å². The molecule has 0 spiro atoms. The molecule has 158 valence electrons. The number of amides is 2. The Kier molecular flexibility index (Phi) is 5.42. The third-order valence-electron chi connectivity index (χ3n) is 5.58. The predicted octanol–water partition coefficient (Wildman–Crippen LogP) is 3.97. The monoisotopic (exact) mass is 418 g/mol. The first-order chi connectivity index (χ1) is 14.8. The number of anilines is 1. The van der Waals surface area contributed by atoms with Crippen LogP contribution in [0.4, 0.5) is 10.1 Å². The lowest BCUT2D eigenvalue weighted by atomic mass is 9.86. The van der Waals surface area contributed by atoms with Crippen LogP contribution in [0.25, 0.3) is 11.3 Å². The number of nitrogens with zero attached hydrogens (tertiary/aromatic N) is 2. The number of benzene rings is 2. The zero-order chi connectivity index (χ0) is 22.1. The van der Waals surface area contributed by atoms with E-state index in [1.54, 1.807) is 16.8 Å². The van der Waals surface area contributed by atoms with Gasteiger partial charge in [0.15, 0.2) is 0 Å². The van der Waals surface area contributed by atoms with Crippen LogP contribution in [0.1, 0.15) is 29.2 Å². The van der Waals surface area contributed by atoms with Crippen LogP contribution < -0.4 is 10.6 Å². The molecule has 0 aliphatic carbocycles. The van der Waals surface area contributed by atoms with Gasteiger partial charge in [-0.25, -0.2) is 4.39 Å². The highest BCUT2D eigenvalue weighted by Crippen LogP contribution is 2.32. The van der Waals surface area contributed by atoms with Crippen LogP contribution >= 0.6 is 0 Å². The molecule has 0 saturated heterocycles. The van der Waals surface area contributed by atoms with Crippen LogP contribution in [0, 0.1) is 19.7 Å².